The molecule has 0 spiro atoms. The summed E-state index contributed by atoms with van der Waals surface area (Å²) >= 11 is 0. The number of nitrogens with zero attached hydrogens (tertiary/aromatic N) is 1. The molecule has 1 heterocycles. The van der Waals surface area contributed by atoms with Gasteiger partial charge in [0.2, 0.25) is 11.8 Å². The summed E-state index contributed by atoms with van der Waals surface area (Å²) in [4.78, 5) is 28.3. The minimum Gasteiger partial charge on any atom is -0.492 e. The summed E-state index contributed by atoms with van der Waals surface area (Å²) in [6.45, 7) is 3.15. The average Bonchev–Trinajstić information content (AvgIpc) is 2.97. The first-order valence-corrected chi connectivity index (χ1v) is 14.3. The first-order chi connectivity index (χ1) is 20.1. The standard InChI is InChI=1S/C30H43FN8O3/c1-19-29(40)38-25(17-20-7-9-22(10-8-20)27(33)34)30(41)37-14-4-5-21-11-12-23(31)18-26(21)42-16-15-36-24(6-3-13-32)28(35)39(19)2/h7-12,18-19,24-25,35-36H,3-6,13-17,32H2,1-2H3,(H3,33,34)(H,37,41)(H,38,40). The van der Waals surface area contributed by atoms with Crippen LogP contribution in [0.15, 0.2) is 42.5 Å². The van der Waals surface area contributed by atoms with Crippen molar-refractivity contribution in [2.75, 3.05) is 33.3 Å². The monoisotopic (exact) mass is 582 g/mol. The van der Waals surface area contributed by atoms with Crippen LogP contribution in [0.5, 0.6) is 5.75 Å². The van der Waals surface area contributed by atoms with Crippen molar-refractivity contribution in [3.05, 3.63) is 65.0 Å². The van der Waals surface area contributed by atoms with E-state index in [-0.39, 0.29) is 42.6 Å². The van der Waals surface area contributed by atoms with Crippen LogP contribution >= 0.6 is 0 Å². The Morgan fingerprint density at radius 1 is 1.12 bits per heavy atom. The molecular weight excluding hydrogens is 539 g/mol. The van der Waals surface area contributed by atoms with Gasteiger partial charge in [0.1, 0.15) is 41.9 Å². The molecule has 3 atom stereocenters. The maximum Gasteiger partial charge on any atom is 0.243 e. The molecule has 0 aromatic heterocycles. The van der Waals surface area contributed by atoms with Crippen LogP contribution in [0, 0.1) is 16.6 Å². The van der Waals surface area contributed by atoms with Crippen molar-refractivity contribution in [1.29, 1.82) is 10.8 Å². The Hall–Kier alpha value is -4.03. The van der Waals surface area contributed by atoms with E-state index < -0.39 is 17.9 Å². The van der Waals surface area contributed by atoms with Crippen molar-refractivity contribution in [3.8, 4) is 5.75 Å². The fourth-order valence-corrected chi connectivity index (χ4v) is 4.72. The highest BCUT2D eigenvalue weighted by Crippen LogP contribution is 2.21. The summed E-state index contributed by atoms with van der Waals surface area (Å²) in [6.07, 6.45) is 2.62. The predicted molar refractivity (Wildman–Crippen MR) is 161 cm³/mol. The number of hydrogen-bond donors (Lipinski definition) is 7. The smallest absolute Gasteiger partial charge is 0.243 e. The van der Waals surface area contributed by atoms with Gasteiger partial charge in [0.25, 0.3) is 0 Å². The second kappa shape index (κ2) is 15.8. The molecule has 1 aliphatic rings. The number of hydrogen-bond acceptors (Lipinski definition) is 7. The lowest BCUT2D eigenvalue weighted by Gasteiger charge is -2.32. The normalized spacial score (nSPS) is 21.3. The van der Waals surface area contributed by atoms with Crippen LogP contribution in [0.3, 0.4) is 0 Å². The molecule has 0 fully saturated rings. The van der Waals surface area contributed by atoms with E-state index >= 15 is 0 Å². The zero-order chi connectivity index (χ0) is 30.6. The molecule has 0 saturated heterocycles. The number of amidine groups is 2. The maximum atomic E-state index is 14.0. The van der Waals surface area contributed by atoms with Crippen LogP contribution in [0.2, 0.25) is 0 Å². The fourth-order valence-electron chi connectivity index (χ4n) is 4.72. The van der Waals surface area contributed by atoms with E-state index in [4.69, 9.17) is 27.0 Å². The Morgan fingerprint density at radius 2 is 1.86 bits per heavy atom. The van der Waals surface area contributed by atoms with Gasteiger partial charge in [-0.2, -0.15) is 0 Å². The summed E-state index contributed by atoms with van der Waals surface area (Å²) in [7, 11) is 1.67. The Bertz CT molecular complexity index is 1240. The summed E-state index contributed by atoms with van der Waals surface area (Å²) in [5.41, 5.74) is 13.5. The molecule has 42 heavy (non-hydrogen) atoms. The van der Waals surface area contributed by atoms with Crippen LogP contribution < -0.4 is 32.2 Å². The zero-order valence-corrected chi connectivity index (χ0v) is 24.3. The van der Waals surface area contributed by atoms with Crippen molar-refractivity contribution in [2.24, 2.45) is 11.5 Å². The number of fused-ring (bicyclic) bond motifs is 1. The lowest BCUT2D eigenvalue weighted by atomic mass is 10.0. The Kier molecular flexibility index (Phi) is 12.2. The van der Waals surface area contributed by atoms with E-state index in [9.17, 15) is 14.0 Å². The molecule has 11 nitrogen and oxygen atoms in total. The second-order valence-electron chi connectivity index (χ2n) is 10.5. The molecule has 0 saturated carbocycles. The highest BCUT2D eigenvalue weighted by atomic mass is 19.1. The molecule has 3 rings (SSSR count). The van der Waals surface area contributed by atoms with Gasteiger partial charge in [-0.15, -0.1) is 0 Å². The summed E-state index contributed by atoms with van der Waals surface area (Å²) in [5.74, 6) is -0.534. The fraction of sp³-hybridized carbons (Fsp3) is 0.467. The number of nitrogens with two attached hydrogens (primary N) is 2. The number of amides is 2. The molecule has 9 N–H and O–H groups in total. The van der Waals surface area contributed by atoms with Gasteiger partial charge in [0.15, 0.2) is 0 Å². The molecule has 228 valence electrons. The van der Waals surface area contributed by atoms with Gasteiger partial charge >= 0.3 is 0 Å². The molecule has 0 bridgehead atoms. The molecule has 0 radical (unpaired) electrons. The first-order valence-electron chi connectivity index (χ1n) is 14.3. The molecule has 0 aliphatic carbocycles. The van der Waals surface area contributed by atoms with Crippen LogP contribution in [0.1, 0.15) is 42.9 Å². The molecule has 12 heteroatoms. The third-order valence-corrected chi connectivity index (χ3v) is 7.41. The summed E-state index contributed by atoms with van der Waals surface area (Å²) in [6, 6.07) is 9.38. The lowest BCUT2D eigenvalue weighted by molar-refractivity contribution is -0.130. The van der Waals surface area contributed by atoms with Crippen LogP contribution in [0.4, 0.5) is 4.39 Å². The van der Waals surface area contributed by atoms with Crippen molar-refractivity contribution >= 4 is 23.5 Å². The number of aryl methyl sites for hydroxylation is 1. The third-order valence-electron chi connectivity index (χ3n) is 7.41. The van der Waals surface area contributed by atoms with E-state index in [2.05, 4.69) is 16.0 Å². The van der Waals surface area contributed by atoms with E-state index in [0.29, 0.717) is 56.6 Å². The average molecular weight is 583 g/mol. The van der Waals surface area contributed by atoms with Crippen molar-refractivity contribution < 1.29 is 18.7 Å². The maximum absolute atomic E-state index is 14.0. The van der Waals surface area contributed by atoms with Crippen molar-refractivity contribution in [3.63, 3.8) is 0 Å². The molecule has 2 aromatic carbocycles. The van der Waals surface area contributed by atoms with E-state index in [1.807, 2.05) is 0 Å². The Morgan fingerprint density at radius 3 is 2.55 bits per heavy atom. The topological polar surface area (TPSA) is 182 Å². The van der Waals surface area contributed by atoms with Gasteiger partial charge in [-0.25, -0.2) is 4.39 Å². The highest BCUT2D eigenvalue weighted by molar-refractivity contribution is 5.95. The predicted octanol–water partition coefficient (Wildman–Crippen LogP) is 1.27. The van der Waals surface area contributed by atoms with E-state index in [0.717, 1.165) is 11.1 Å². The number of benzene rings is 2. The van der Waals surface area contributed by atoms with Gasteiger partial charge in [-0.3, -0.25) is 20.4 Å². The van der Waals surface area contributed by atoms with Crippen molar-refractivity contribution in [2.45, 2.75) is 57.2 Å². The largest absolute Gasteiger partial charge is 0.492 e. The lowest BCUT2D eigenvalue weighted by Crippen LogP contribution is -2.56. The summed E-state index contributed by atoms with van der Waals surface area (Å²) < 4.78 is 19.9. The molecular formula is C30H43FN8O3. The van der Waals surface area contributed by atoms with Crippen LogP contribution in [0.25, 0.3) is 0 Å². The van der Waals surface area contributed by atoms with Crippen molar-refractivity contribution in [1.82, 2.24) is 20.9 Å². The number of carbonyl (C=O) groups excluding carboxylic acids is 2. The van der Waals surface area contributed by atoms with E-state index in [1.165, 1.54) is 12.1 Å². The summed E-state index contributed by atoms with van der Waals surface area (Å²) in [5, 5.41) is 25.6. The number of nitrogen functional groups attached to an aromatic ring is 1. The minimum absolute atomic E-state index is 0.0583. The van der Waals surface area contributed by atoms with Gasteiger partial charge < -0.3 is 37.1 Å². The number of likely N-dealkylation sites (N-methyl/N-ethyl adjacent to an activating group) is 1. The second-order valence-corrected chi connectivity index (χ2v) is 10.5. The number of nitrogens with one attached hydrogen (secondary N) is 5. The van der Waals surface area contributed by atoms with Gasteiger partial charge in [0, 0.05) is 38.2 Å². The highest BCUT2D eigenvalue weighted by Gasteiger charge is 2.29. The third kappa shape index (κ3) is 9.25. The number of ether oxygens (including phenoxy) is 1. The quantitative estimate of drug-likeness (QED) is 0.198. The Balaban J connectivity index is 1.86. The number of halogens is 1. The zero-order valence-electron chi connectivity index (χ0n) is 24.3. The van der Waals surface area contributed by atoms with Gasteiger partial charge in [-0.1, -0.05) is 30.3 Å². The Labute approximate surface area is 246 Å². The van der Waals surface area contributed by atoms with E-state index in [1.54, 1.807) is 49.2 Å². The molecule has 1 aliphatic heterocycles. The van der Waals surface area contributed by atoms with Crippen LogP contribution in [-0.2, 0) is 22.4 Å². The van der Waals surface area contributed by atoms with Crippen LogP contribution in [-0.4, -0.2) is 79.8 Å². The van der Waals surface area contributed by atoms with Gasteiger partial charge in [0.05, 0.1) is 6.04 Å². The SMILES string of the molecule is CC1C(=O)NC(Cc2ccc(C(=N)N)cc2)C(=O)NCCCc2ccc(F)cc2OCCNC(CCCN)C(=N)N1C. The number of rotatable bonds is 6. The molecule has 2 amide bonds. The van der Waals surface area contributed by atoms with Gasteiger partial charge in [-0.05, 0) is 56.3 Å². The minimum atomic E-state index is -0.875. The molecule has 3 unspecified atom stereocenters. The number of carbonyl (C=O) groups is 2. The first kappa shape index (κ1) is 32.5. The molecule has 2 aromatic rings.